The molecule has 0 amide bonds. The molecule has 0 spiro atoms. The summed E-state index contributed by atoms with van der Waals surface area (Å²) >= 11 is 0. The predicted molar refractivity (Wildman–Crippen MR) is 61.6 cm³/mol. The van der Waals surface area contributed by atoms with Crippen LogP contribution in [0.25, 0.3) is 0 Å². The summed E-state index contributed by atoms with van der Waals surface area (Å²) < 4.78 is 1.76. The molecule has 0 aromatic carbocycles. The lowest BCUT2D eigenvalue weighted by Crippen LogP contribution is -2.35. The van der Waals surface area contributed by atoms with Gasteiger partial charge >= 0.3 is 0 Å². The highest BCUT2D eigenvalue weighted by Crippen LogP contribution is 2.10. The first kappa shape index (κ1) is 11.7. The van der Waals surface area contributed by atoms with Gasteiger partial charge in [0.2, 0.25) is 0 Å². The Labute approximate surface area is 90.3 Å². The Morgan fingerprint density at radius 3 is 2.47 bits per heavy atom. The van der Waals surface area contributed by atoms with Crippen molar-refractivity contribution in [3.8, 4) is 0 Å². The number of nitrogens with two attached hydrogens (primary N) is 1. The number of aromatic nitrogens is 2. The molecule has 1 aromatic rings. The largest absolute Gasteiger partial charge is 0.307 e. The Bertz CT molecular complexity index is 370. The van der Waals surface area contributed by atoms with Crippen LogP contribution in [0.4, 0.5) is 0 Å². The number of aryl methyl sites for hydroxylation is 2. The van der Waals surface area contributed by atoms with E-state index >= 15 is 0 Å². The number of hydrogen-bond acceptors (Lipinski definition) is 3. The van der Waals surface area contributed by atoms with E-state index in [1.54, 1.807) is 4.68 Å². The molecule has 0 unspecified atom stereocenters. The quantitative estimate of drug-likeness (QED) is 0.310. The SMILES string of the molecule is Cc1cc(C(=NC(C)(C)C)NN)n(C)n1. The molecule has 3 N–H and O–H groups in total. The lowest BCUT2D eigenvalue weighted by atomic mass is 10.1. The predicted octanol–water partition coefficient (Wildman–Crippen LogP) is 0.737. The van der Waals surface area contributed by atoms with E-state index in [9.17, 15) is 0 Å². The van der Waals surface area contributed by atoms with Crippen LogP contribution >= 0.6 is 0 Å². The summed E-state index contributed by atoms with van der Waals surface area (Å²) in [6.45, 7) is 8.00. The molecule has 1 aromatic heterocycles. The van der Waals surface area contributed by atoms with Gasteiger partial charge in [-0.1, -0.05) is 0 Å². The summed E-state index contributed by atoms with van der Waals surface area (Å²) in [4.78, 5) is 4.49. The maximum atomic E-state index is 5.47. The van der Waals surface area contributed by atoms with Gasteiger partial charge in [0.15, 0.2) is 5.84 Å². The van der Waals surface area contributed by atoms with Crippen molar-refractivity contribution in [1.82, 2.24) is 15.2 Å². The fourth-order valence-corrected chi connectivity index (χ4v) is 1.33. The Hall–Kier alpha value is -1.36. The van der Waals surface area contributed by atoms with Crippen molar-refractivity contribution >= 4 is 5.84 Å². The molecule has 5 heteroatoms. The summed E-state index contributed by atoms with van der Waals surface area (Å²) in [5.41, 5.74) is 4.29. The first-order valence-corrected chi connectivity index (χ1v) is 4.91. The average Bonchev–Trinajstić information content (AvgIpc) is 2.39. The summed E-state index contributed by atoms with van der Waals surface area (Å²) in [7, 11) is 1.87. The second-order valence-electron chi connectivity index (χ2n) is 4.57. The van der Waals surface area contributed by atoms with Crippen LogP contribution in [-0.2, 0) is 7.05 Å². The maximum Gasteiger partial charge on any atom is 0.161 e. The van der Waals surface area contributed by atoms with Gasteiger partial charge in [-0.05, 0) is 33.8 Å². The summed E-state index contributed by atoms with van der Waals surface area (Å²) in [6.07, 6.45) is 0. The average molecular weight is 209 g/mol. The van der Waals surface area contributed by atoms with Crippen LogP contribution in [0.1, 0.15) is 32.2 Å². The van der Waals surface area contributed by atoms with Crippen LogP contribution in [0, 0.1) is 6.92 Å². The maximum absolute atomic E-state index is 5.47. The molecule has 0 saturated carbocycles. The number of amidine groups is 1. The Morgan fingerprint density at radius 2 is 2.13 bits per heavy atom. The van der Waals surface area contributed by atoms with Crippen molar-refractivity contribution in [2.75, 3.05) is 0 Å². The molecule has 0 atom stereocenters. The van der Waals surface area contributed by atoms with Gasteiger partial charge in [0.05, 0.1) is 11.2 Å². The fourth-order valence-electron chi connectivity index (χ4n) is 1.33. The monoisotopic (exact) mass is 209 g/mol. The standard InChI is InChI=1S/C10H19N5/c1-7-6-8(15(5)14-7)9(13-11)12-10(2,3)4/h6H,11H2,1-5H3,(H,12,13). The Kier molecular flexibility index (Phi) is 3.14. The third-order valence-corrected chi connectivity index (χ3v) is 1.83. The second kappa shape index (κ2) is 4.02. The number of nitrogens with zero attached hydrogens (tertiary/aromatic N) is 3. The molecule has 0 radical (unpaired) electrons. The van der Waals surface area contributed by atoms with E-state index in [0.29, 0.717) is 5.84 Å². The number of hydrazine groups is 1. The van der Waals surface area contributed by atoms with E-state index < -0.39 is 0 Å². The minimum Gasteiger partial charge on any atom is -0.307 e. The highest BCUT2D eigenvalue weighted by atomic mass is 15.3. The van der Waals surface area contributed by atoms with Crippen LogP contribution in [0.3, 0.4) is 0 Å². The molecule has 0 fully saturated rings. The lowest BCUT2D eigenvalue weighted by Gasteiger charge is -2.15. The number of rotatable bonds is 1. The normalized spacial score (nSPS) is 13.1. The van der Waals surface area contributed by atoms with Crippen molar-refractivity contribution in [2.45, 2.75) is 33.2 Å². The van der Waals surface area contributed by atoms with Crippen LogP contribution in [0.2, 0.25) is 0 Å². The number of aliphatic imine (C=N–C) groups is 1. The molecule has 0 saturated heterocycles. The lowest BCUT2D eigenvalue weighted by molar-refractivity contribution is 0.578. The van der Waals surface area contributed by atoms with Gasteiger partial charge in [0, 0.05) is 7.05 Å². The van der Waals surface area contributed by atoms with E-state index in [2.05, 4.69) is 15.5 Å². The van der Waals surface area contributed by atoms with Gasteiger partial charge in [0.1, 0.15) is 5.69 Å². The second-order valence-corrected chi connectivity index (χ2v) is 4.57. The van der Waals surface area contributed by atoms with Crippen LogP contribution in [0.15, 0.2) is 11.1 Å². The van der Waals surface area contributed by atoms with E-state index in [4.69, 9.17) is 5.84 Å². The fraction of sp³-hybridized carbons (Fsp3) is 0.600. The van der Waals surface area contributed by atoms with E-state index in [1.165, 1.54) is 0 Å². The third-order valence-electron chi connectivity index (χ3n) is 1.83. The summed E-state index contributed by atoms with van der Waals surface area (Å²) in [5.74, 6) is 6.13. The van der Waals surface area contributed by atoms with E-state index in [1.807, 2.05) is 40.8 Å². The van der Waals surface area contributed by atoms with Crippen LogP contribution in [-0.4, -0.2) is 21.2 Å². The van der Waals surface area contributed by atoms with Gasteiger partial charge in [-0.2, -0.15) is 5.10 Å². The first-order valence-electron chi connectivity index (χ1n) is 4.91. The molecule has 84 valence electrons. The van der Waals surface area contributed by atoms with Crippen LogP contribution in [0.5, 0.6) is 0 Å². The van der Waals surface area contributed by atoms with Crippen molar-refractivity contribution < 1.29 is 0 Å². The van der Waals surface area contributed by atoms with E-state index in [0.717, 1.165) is 11.4 Å². The molecule has 0 aliphatic carbocycles. The highest BCUT2D eigenvalue weighted by molar-refractivity contribution is 5.97. The third kappa shape index (κ3) is 3.06. The minimum absolute atomic E-state index is 0.167. The smallest absolute Gasteiger partial charge is 0.161 e. The zero-order valence-corrected chi connectivity index (χ0v) is 10.00. The van der Waals surface area contributed by atoms with Crippen molar-refractivity contribution in [3.63, 3.8) is 0 Å². The zero-order valence-electron chi connectivity index (χ0n) is 10.00. The minimum atomic E-state index is -0.167. The molecule has 1 heterocycles. The van der Waals surface area contributed by atoms with Gasteiger partial charge < -0.3 is 5.43 Å². The summed E-state index contributed by atoms with van der Waals surface area (Å²) in [5, 5.41) is 4.25. The van der Waals surface area contributed by atoms with Gasteiger partial charge in [0.25, 0.3) is 0 Å². The zero-order chi connectivity index (χ0) is 11.6. The van der Waals surface area contributed by atoms with Gasteiger partial charge in [-0.3, -0.25) is 9.67 Å². The van der Waals surface area contributed by atoms with E-state index in [-0.39, 0.29) is 5.54 Å². The van der Waals surface area contributed by atoms with Crippen molar-refractivity contribution in [3.05, 3.63) is 17.5 Å². The topological polar surface area (TPSA) is 68.2 Å². The molecule has 15 heavy (non-hydrogen) atoms. The molecule has 5 nitrogen and oxygen atoms in total. The number of nitrogens with one attached hydrogen (secondary N) is 1. The highest BCUT2D eigenvalue weighted by Gasteiger charge is 2.13. The molecular weight excluding hydrogens is 190 g/mol. The molecule has 0 aliphatic heterocycles. The van der Waals surface area contributed by atoms with Gasteiger partial charge in [-0.25, -0.2) is 5.84 Å². The Balaban J connectivity index is 3.13. The summed E-state index contributed by atoms with van der Waals surface area (Å²) in [6, 6.07) is 1.95. The Morgan fingerprint density at radius 1 is 1.53 bits per heavy atom. The molecular formula is C10H19N5. The molecule has 0 bridgehead atoms. The molecule has 1 rings (SSSR count). The van der Waals surface area contributed by atoms with Crippen molar-refractivity contribution in [1.29, 1.82) is 0 Å². The van der Waals surface area contributed by atoms with Gasteiger partial charge in [-0.15, -0.1) is 0 Å². The van der Waals surface area contributed by atoms with Crippen molar-refractivity contribution in [2.24, 2.45) is 17.9 Å². The number of hydrogen-bond donors (Lipinski definition) is 2. The first-order chi connectivity index (χ1) is 6.83. The van der Waals surface area contributed by atoms with Crippen LogP contribution < -0.4 is 11.3 Å². The molecule has 0 aliphatic rings.